The maximum atomic E-state index is 11.4. The summed E-state index contributed by atoms with van der Waals surface area (Å²) in [5.74, 6) is 0.846. The summed E-state index contributed by atoms with van der Waals surface area (Å²) in [7, 11) is 1.64. The third-order valence-electron chi connectivity index (χ3n) is 5.44. The number of phenolic OH excluding ortho intramolecular Hbond substituents is 1. The SMILES string of the molecule is COc1ccc2c(c1)CCN2C(c1ccc(C)cc1)c1cc([N+](=O)[O-])ccc1O. The van der Waals surface area contributed by atoms with Crippen molar-refractivity contribution in [2.75, 3.05) is 18.6 Å². The van der Waals surface area contributed by atoms with Crippen LogP contribution in [0.1, 0.15) is 28.3 Å². The Bertz CT molecular complexity index is 1060. The van der Waals surface area contributed by atoms with E-state index in [1.807, 2.05) is 49.4 Å². The van der Waals surface area contributed by atoms with Crippen molar-refractivity contribution in [1.82, 2.24) is 0 Å². The molecule has 1 heterocycles. The molecule has 3 aromatic rings. The van der Waals surface area contributed by atoms with E-state index in [0.29, 0.717) is 5.56 Å². The minimum absolute atomic E-state index is 0.0379. The van der Waals surface area contributed by atoms with Gasteiger partial charge in [0.2, 0.25) is 0 Å². The average molecular weight is 390 g/mol. The third kappa shape index (κ3) is 3.49. The topological polar surface area (TPSA) is 75.8 Å². The number of non-ortho nitro benzene ring substituents is 1. The van der Waals surface area contributed by atoms with Gasteiger partial charge in [-0.2, -0.15) is 0 Å². The number of anilines is 1. The first-order valence-electron chi connectivity index (χ1n) is 9.45. The number of nitrogens with zero attached hydrogens (tertiary/aromatic N) is 2. The molecule has 148 valence electrons. The molecule has 0 bridgehead atoms. The van der Waals surface area contributed by atoms with E-state index in [2.05, 4.69) is 4.90 Å². The Morgan fingerprint density at radius 2 is 1.86 bits per heavy atom. The van der Waals surface area contributed by atoms with Gasteiger partial charge in [-0.25, -0.2) is 0 Å². The van der Waals surface area contributed by atoms with Crippen LogP contribution in [-0.4, -0.2) is 23.7 Å². The molecule has 0 saturated carbocycles. The van der Waals surface area contributed by atoms with E-state index in [-0.39, 0.29) is 17.5 Å². The van der Waals surface area contributed by atoms with Crippen LogP contribution in [0, 0.1) is 17.0 Å². The summed E-state index contributed by atoms with van der Waals surface area (Å²) in [6, 6.07) is 17.9. The molecule has 4 rings (SSSR count). The summed E-state index contributed by atoms with van der Waals surface area (Å²) in [5.41, 5.74) is 4.78. The number of aryl methyl sites for hydroxylation is 1. The molecule has 1 aliphatic heterocycles. The van der Waals surface area contributed by atoms with E-state index >= 15 is 0 Å². The van der Waals surface area contributed by atoms with E-state index in [4.69, 9.17) is 4.74 Å². The lowest BCUT2D eigenvalue weighted by Gasteiger charge is -2.32. The van der Waals surface area contributed by atoms with Crippen molar-refractivity contribution in [2.45, 2.75) is 19.4 Å². The number of hydrogen-bond acceptors (Lipinski definition) is 5. The van der Waals surface area contributed by atoms with Crippen molar-refractivity contribution in [3.05, 3.63) is 93.0 Å². The van der Waals surface area contributed by atoms with Gasteiger partial charge in [-0.05, 0) is 48.7 Å². The Labute approximate surface area is 169 Å². The van der Waals surface area contributed by atoms with Crippen LogP contribution >= 0.6 is 0 Å². The highest BCUT2D eigenvalue weighted by Crippen LogP contribution is 2.43. The number of ether oxygens (including phenoxy) is 1. The van der Waals surface area contributed by atoms with Gasteiger partial charge in [0.1, 0.15) is 11.5 Å². The second-order valence-electron chi connectivity index (χ2n) is 7.25. The summed E-state index contributed by atoms with van der Waals surface area (Å²) in [6.45, 7) is 2.75. The quantitative estimate of drug-likeness (QED) is 0.502. The fraction of sp³-hybridized carbons (Fsp3) is 0.217. The van der Waals surface area contributed by atoms with Crippen molar-refractivity contribution in [2.24, 2.45) is 0 Å². The zero-order chi connectivity index (χ0) is 20.5. The number of phenols is 1. The van der Waals surface area contributed by atoms with E-state index in [9.17, 15) is 15.2 Å². The second kappa shape index (κ2) is 7.47. The number of hydrogen-bond donors (Lipinski definition) is 1. The summed E-state index contributed by atoms with van der Waals surface area (Å²) in [6.07, 6.45) is 0.838. The summed E-state index contributed by atoms with van der Waals surface area (Å²) in [4.78, 5) is 13.1. The lowest BCUT2D eigenvalue weighted by Crippen LogP contribution is -2.28. The first-order chi connectivity index (χ1) is 14.0. The zero-order valence-electron chi connectivity index (χ0n) is 16.3. The van der Waals surface area contributed by atoms with Crippen molar-refractivity contribution in [3.8, 4) is 11.5 Å². The monoisotopic (exact) mass is 390 g/mol. The Morgan fingerprint density at radius 1 is 1.10 bits per heavy atom. The molecule has 1 N–H and O–H groups in total. The fourth-order valence-electron chi connectivity index (χ4n) is 3.95. The van der Waals surface area contributed by atoms with Crippen LogP contribution < -0.4 is 9.64 Å². The molecule has 0 saturated heterocycles. The van der Waals surface area contributed by atoms with Gasteiger partial charge in [0.15, 0.2) is 0 Å². The zero-order valence-corrected chi connectivity index (χ0v) is 16.3. The van der Waals surface area contributed by atoms with Crippen LogP contribution in [0.15, 0.2) is 60.7 Å². The molecule has 1 aliphatic rings. The van der Waals surface area contributed by atoms with Gasteiger partial charge in [0, 0.05) is 29.9 Å². The minimum Gasteiger partial charge on any atom is -0.508 e. The Kier molecular flexibility index (Phi) is 4.84. The number of aromatic hydroxyl groups is 1. The van der Waals surface area contributed by atoms with Crippen molar-refractivity contribution < 1.29 is 14.8 Å². The maximum Gasteiger partial charge on any atom is 0.270 e. The van der Waals surface area contributed by atoms with E-state index in [1.54, 1.807) is 7.11 Å². The fourth-order valence-corrected chi connectivity index (χ4v) is 3.95. The molecule has 0 spiro atoms. The first kappa shape index (κ1) is 18.8. The highest BCUT2D eigenvalue weighted by molar-refractivity contribution is 5.64. The van der Waals surface area contributed by atoms with Crippen LogP contribution in [0.25, 0.3) is 0 Å². The lowest BCUT2D eigenvalue weighted by atomic mass is 9.95. The van der Waals surface area contributed by atoms with Gasteiger partial charge in [-0.1, -0.05) is 29.8 Å². The lowest BCUT2D eigenvalue weighted by molar-refractivity contribution is -0.384. The minimum atomic E-state index is -0.433. The summed E-state index contributed by atoms with van der Waals surface area (Å²) in [5, 5.41) is 22.0. The number of fused-ring (bicyclic) bond motifs is 1. The van der Waals surface area contributed by atoms with Crippen LogP contribution in [0.4, 0.5) is 11.4 Å². The molecule has 0 fully saturated rings. The molecule has 0 aliphatic carbocycles. The standard InChI is InChI=1S/C23H22N2O4/c1-15-3-5-16(6-4-15)23(20-14-18(25(27)28)7-10-22(20)26)24-12-11-17-13-19(29-2)8-9-21(17)24/h3-10,13-14,23,26H,11-12H2,1-2H3. The molecule has 0 radical (unpaired) electrons. The highest BCUT2D eigenvalue weighted by Gasteiger charge is 2.31. The van der Waals surface area contributed by atoms with Gasteiger partial charge < -0.3 is 14.7 Å². The normalized spacial score (nSPS) is 13.8. The Morgan fingerprint density at radius 3 is 2.55 bits per heavy atom. The predicted octanol–water partition coefficient (Wildman–Crippen LogP) is 4.77. The predicted molar refractivity (Wildman–Crippen MR) is 112 cm³/mol. The van der Waals surface area contributed by atoms with E-state index in [0.717, 1.165) is 41.1 Å². The molecule has 29 heavy (non-hydrogen) atoms. The molecular weight excluding hydrogens is 368 g/mol. The highest BCUT2D eigenvalue weighted by atomic mass is 16.6. The number of methoxy groups -OCH3 is 1. The van der Waals surface area contributed by atoms with Gasteiger partial charge >= 0.3 is 0 Å². The maximum absolute atomic E-state index is 11.4. The number of rotatable bonds is 5. The van der Waals surface area contributed by atoms with Crippen LogP contribution in [-0.2, 0) is 6.42 Å². The Balaban J connectivity index is 1.87. The molecular formula is C23H22N2O4. The molecule has 0 aromatic heterocycles. The van der Waals surface area contributed by atoms with Crippen LogP contribution in [0.3, 0.4) is 0 Å². The number of benzene rings is 3. The molecule has 6 nitrogen and oxygen atoms in total. The van der Waals surface area contributed by atoms with E-state index < -0.39 is 4.92 Å². The summed E-state index contributed by atoms with van der Waals surface area (Å²) >= 11 is 0. The van der Waals surface area contributed by atoms with Crippen LogP contribution in [0.5, 0.6) is 11.5 Å². The largest absolute Gasteiger partial charge is 0.508 e. The molecule has 6 heteroatoms. The molecule has 1 unspecified atom stereocenters. The van der Waals surface area contributed by atoms with Crippen molar-refractivity contribution in [1.29, 1.82) is 0 Å². The number of nitro benzene ring substituents is 1. The molecule has 1 atom stereocenters. The Hall–Kier alpha value is -3.54. The van der Waals surface area contributed by atoms with Crippen molar-refractivity contribution >= 4 is 11.4 Å². The van der Waals surface area contributed by atoms with Gasteiger partial charge in [0.25, 0.3) is 5.69 Å². The first-order valence-corrected chi connectivity index (χ1v) is 9.45. The van der Waals surface area contributed by atoms with Gasteiger partial charge in [-0.15, -0.1) is 0 Å². The summed E-state index contributed by atoms with van der Waals surface area (Å²) < 4.78 is 5.35. The number of nitro groups is 1. The third-order valence-corrected chi connectivity index (χ3v) is 5.44. The van der Waals surface area contributed by atoms with Crippen LogP contribution in [0.2, 0.25) is 0 Å². The van der Waals surface area contributed by atoms with E-state index in [1.165, 1.54) is 18.2 Å². The van der Waals surface area contributed by atoms with Crippen molar-refractivity contribution in [3.63, 3.8) is 0 Å². The molecule has 0 amide bonds. The average Bonchev–Trinajstić information content (AvgIpc) is 3.13. The van der Waals surface area contributed by atoms with Gasteiger partial charge in [0.05, 0.1) is 18.1 Å². The molecule has 3 aromatic carbocycles. The smallest absolute Gasteiger partial charge is 0.270 e. The second-order valence-corrected chi connectivity index (χ2v) is 7.25. The van der Waals surface area contributed by atoms with Gasteiger partial charge in [-0.3, -0.25) is 10.1 Å².